The lowest BCUT2D eigenvalue weighted by Crippen LogP contribution is -2.55. The first-order valence-corrected chi connectivity index (χ1v) is 20.9. The van der Waals surface area contributed by atoms with Crippen LogP contribution in [0.15, 0.2) is 85.2 Å². The third kappa shape index (κ3) is 7.94. The topological polar surface area (TPSA) is 175 Å². The number of imidazole rings is 2. The lowest BCUT2D eigenvalue weighted by molar-refractivity contribution is -0.138. The van der Waals surface area contributed by atoms with Gasteiger partial charge >= 0.3 is 12.2 Å². The number of likely N-dealkylation sites (tertiary alicyclic amines) is 2. The molecule has 2 saturated carbocycles. The van der Waals surface area contributed by atoms with Crippen molar-refractivity contribution >= 4 is 24.0 Å². The van der Waals surface area contributed by atoms with E-state index >= 15 is 0 Å². The molecule has 4 fully saturated rings. The molecule has 4 amide bonds. The van der Waals surface area contributed by atoms with E-state index in [1.807, 2.05) is 36.0 Å². The molecule has 0 radical (unpaired) electrons. The summed E-state index contributed by atoms with van der Waals surface area (Å²) in [5, 5.41) is 5.60. The number of hydrogen-bond donors (Lipinski definition) is 4. The molecule has 2 aromatic carbocycles. The molecule has 2 saturated heterocycles. The van der Waals surface area contributed by atoms with Crippen LogP contribution in [-0.4, -0.2) is 92.1 Å². The van der Waals surface area contributed by atoms with Crippen LogP contribution in [-0.2, 0) is 19.1 Å². The number of aromatic nitrogens is 4. The maximum atomic E-state index is 14.0. The molecule has 2 unspecified atom stereocenters. The number of H-pyrrole nitrogens is 2. The van der Waals surface area contributed by atoms with E-state index in [9.17, 15) is 19.2 Å². The number of benzene rings is 2. The second-order valence-corrected chi connectivity index (χ2v) is 17.0. The summed E-state index contributed by atoms with van der Waals surface area (Å²) in [5.41, 5.74) is 7.92. The van der Waals surface area contributed by atoms with Gasteiger partial charge in [-0.05, 0) is 99.3 Å². The highest BCUT2D eigenvalue weighted by Gasteiger charge is 2.46. The highest BCUT2D eigenvalue weighted by Crippen LogP contribution is 2.42. The molecule has 4 aliphatic rings. The van der Waals surface area contributed by atoms with Gasteiger partial charge in [0.2, 0.25) is 11.8 Å². The normalized spacial score (nSPS) is 22.8. The van der Waals surface area contributed by atoms with Gasteiger partial charge in [0.1, 0.15) is 23.7 Å². The summed E-state index contributed by atoms with van der Waals surface area (Å²) in [6.07, 6.45) is 8.40. The number of allylic oxidation sites excluding steroid dienone is 2. The summed E-state index contributed by atoms with van der Waals surface area (Å²) in [5.74, 6) is 1.19. The fourth-order valence-corrected chi connectivity index (χ4v) is 9.53. The van der Waals surface area contributed by atoms with Gasteiger partial charge in [0.15, 0.2) is 0 Å². The van der Waals surface area contributed by atoms with Crippen LogP contribution in [0.5, 0.6) is 0 Å². The number of ether oxygens (including phenoxy) is 2. The van der Waals surface area contributed by atoms with Crippen LogP contribution in [0.25, 0.3) is 33.6 Å². The first-order chi connectivity index (χ1) is 28.9. The second kappa shape index (κ2) is 16.8. The summed E-state index contributed by atoms with van der Waals surface area (Å²) in [7, 11) is 2.61. The molecule has 2 aliphatic carbocycles. The van der Waals surface area contributed by atoms with Crippen molar-refractivity contribution in [2.45, 2.75) is 101 Å². The number of alkyl carbamates (subject to hydrolysis) is 2. The molecule has 0 spiro atoms. The monoisotopic (exact) mass is 814 g/mol. The number of methoxy groups -OCH3 is 2. The smallest absolute Gasteiger partial charge is 0.407 e. The second-order valence-electron chi connectivity index (χ2n) is 17.0. The fraction of sp³-hybridized carbons (Fsp3) is 0.435. The van der Waals surface area contributed by atoms with Crippen LogP contribution < -0.4 is 10.6 Å². The summed E-state index contributed by atoms with van der Waals surface area (Å²) in [6.45, 7) is 12.1. The third-order valence-electron chi connectivity index (χ3n) is 13.0. The number of rotatable bonds is 11. The molecule has 4 aromatic rings. The fourth-order valence-electron chi connectivity index (χ4n) is 9.53. The minimum Gasteiger partial charge on any atom is -0.453 e. The van der Waals surface area contributed by atoms with Crippen molar-refractivity contribution in [1.29, 1.82) is 0 Å². The van der Waals surface area contributed by atoms with Gasteiger partial charge in [0.05, 0.1) is 50.1 Å². The molecule has 2 aromatic heterocycles. The van der Waals surface area contributed by atoms with E-state index in [0.29, 0.717) is 25.7 Å². The number of nitrogens with one attached hydrogen (secondary N) is 4. The van der Waals surface area contributed by atoms with Crippen molar-refractivity contribution in [2.24, 2.45) is 11.8 Å². The molecular weight excluding hydrogens is 761 g/mol. The molecule has 2 aliphatic heterocycles. The van der Waals surface area contributed by atoms with Crippen LogP contribution >= 0.6 is 0 Å². The maximum Gasteiger partial charge on any atom is 0.407 e. The van der Waals surface area contributed by atoms with Crippen molar-refractivity contribution in [3.63, 3.8) is 0 Å². The van der Waals surface area contributed by atoms with E-state index in [1.165, 1.54) is 14.2 Å². The molecule has 4 heterocycles. The molecule has 4 N–H and O–H groups in total. The van der Waals surface area contributed by atoms with E-state index < -0.39 is 24.3 Å². The Balaban J connectivity index is 0.929. The Hall–Kier alpha value is -6.18. The molecule has 6 atom stereocenters. The summed E-state index contributed by atoms with van der Waals surface area (Å²) in [4.78, 5) is 72.7. The SMILES string of the molecule is C=C1CC(C(NC(=O)OC)C(=O)N2[C@@H](C)CC[C@H]2c2ncc(-c3ccc(-c4ccc(-c5cnc([C@@H]6CC[C@H](C)N6C(=O)C(NC(=O)OC)C6CC(=C)C6)[nH]5)cc4)cc3)[nH]2)C1. The van der Waals surface area contributed by atoms with Crippen LogP contribution in [0.3, 0.4) is 0 Å². The van der Waals surface area contributed by atoms with Crippen molar-refractivity contribution in [3.8, 4) is 33.6 Å². The molecule has 14 heteroatoms. The van der Waals surface area contributed by atoms with Gasteiger partial charge in [-0.1, -0.05) is 72.8 Å². The average molecular weight is 815 g/mol. The van der Waals surface area contributed by atoms with Gasteiger partial charge < -0.3 is 39.9 Å². The quantitative estimate of drug-likeness (QED) is 0.112. The Bertz CT molecular complexity index is 2100. The van der Waals surface area contributed by atoms with E-state index in [-0.39, 0.29) is 47.8 Å². The Kier molecular flexibility index (Phi) is 11.4. The average Bonchev–Trinajstić information content (AvgIpc) is 4.06. The molecular formula is C46H54N8O6. The van der Waals surface area contributed by atoms with Crippen LogP contribution in [0.1, 0.15) is 88.9 Å². The zero-order chi connectivity index (χ0) is 42.2. The zero-order valence-electron chi connectivity index (χ0n) is 34.7. The van der Waals surface area contributed by atoms with Gasteiger partial charge in [-0.15, -0.1) is 0 Å². The predicted molar refractivity (Wildman–Crippen MR) is 226 cm³/mol. The highest BCUT2D eigenvalue weighted by molar-refractivity contribution is 5.88. The first kappa shape index (κ1) is 40.6. The highest BCUT2D eigenvalue weighted by atomic mass is 16.5. The number of carbonyl (C=O) groups is 4. The number of nitrogens with zero attached hydrogens (tertiary/aromatic N) is 4. The van der Waals surface area contributed by atoms with E-state index in [4.69, 9.17) is 19.4 Å². The minimum atomic E-state index is -0.682. The van der Waals surface area contributed by atoms with E-state index in [2.05, 4.69) is 82.3 Å². The van der Waals surface area contributed by atoms with Crippen molar-refractivity contribution in [3.05, 3.63) is 96.9 Å². The predicted octanol–water partition coefficient (Wildman–Crippen LogP) is 7.62. The van der Waals surface area contributed by atoms with Crippen LogP contribution in [0, 0.1) is 11.8 Å². The zero-order valence-corrected chi connectivity index (χ0v) is 34.7. The van der Waals surface area contributed by atoms with E-state index in [1.54, 1.807) is 0 Å². The lowest BCUT2D eigenvalue weighted by atomic mass is 9.75. The van der Waals surface area contributed by atoms with Gasteiger partial charge in [-0.3, -0.25) is 9.59 Å². The summed E-state index contributed by atoms with van der Waals surface area (Å²) in [6, 6.07) is 14.7. The summed E-state index contributed by atoms with van der Waals surface area (Å²) < 4.78 is 9.71. The Morgan fingerprint density at radius 3 is 1.30 bits per heavy atom. The number of amides is 4. The number of hydrogen-bond acceptors (Lipinski definition) is 8. The van der Waals surface area contributed by atoms with Crippen LogP contribution in [0.2, 0.25) is 0 Å². The third-order valence-corrected chi connectivity index (χ3v) is 13.0. The molecule has 0 bridgehead atoms. The molecule has 314 valence electrons. The largest absolute Gasteiger partial charge is 0.453 e. The van der Waals surface area contributed by atoms with Crippen molar-refractivity contribution < 1.29 is 28.7 Å². The molecule has 60 heavy (non-hydrogen) atoms. The minimum absolute atomic E-state index is 0.00574. The number of aromatic amines is 2. The van der Waals surface area contributed by atoms with Gasteiger partial charge in [-0.2, -0.15) is 0 Å². The van der Waals surface area contributed by atoms with Gasteiger partial charge in [-0.25, -0.2) is 19.6 Å². The molecule has 8 rings (SSSR count). The lowest BCUT2D eigenvalue weighted by Gasteiger charge is -2.39. The Morgan fingerprint density at radius 2 is 0.967 bits per heavy atom. The summed E-state index contributed by atoms with van der Waals surface area (Å²) >= 11 is 0. The Labute approximate surface area is 350 Å². The van der Waals surface area contributed by atoms with Gasteiger partial charge in [0, 0.05) is 12.1 Å². The van der Waals surface area contributed by atoms with Crippen molar-refractivity contribution in [2.75, 3.05) is 14.2 Å². The van der Waals surface area contributed by atoms with Crippen molar-refractivity contribution in [1.82, 2.24) is 40.4 Å². The van der Waals surface area contributed by atoms with Crippen LogP contribution in [0.4, 0.5) is 9.59 Å². The molecule has 14 nitrogen and oxygen atoms in total. The van der Waals surface area contributed by atoms with E-state index in [0.717, 1.165) is 82.1 Å². The standard InChI is InChI=1S/C46H54N8O6/c1-25-19-33(20-25)39(51-45(57)59-5)43(55)53-27(3)7-17-37(53)41-47-23-35(49-41)31-13-9-29(10-14-31)30-11-15-32(16-12-30)36-24-48-42(50-36)38-18-8-28(4)54(38)44(56)40(52-46(58)60-6)34-21-26(2)22-34/h9-16,23-24,27-28,33-34,37-40H,1-2,7-8,17-22H2,3-6H3,(H,47,49)(H,48,50)(H,51,57)(H,52,58)/t27-,28-,37-,38-,39?,40?/m0/s1. The Morgan fingerprint density at radius 1 is 0.617 bits per heavy atom. The number of carbonyl (C=O) groups excluding carboxylic acids is 4. The first-order valence-electron chi connectivity index (χ1n) is 20.9. The van der Waals surface area contributed by atoms with Gasteiger partial charge in [0.25, 0.3) is 0 Å². The maximum absolute atomic E-state index is 14.0.